The van der Waals surface area contributed by atoms with Gasteiger partial charge in [0.05, 0.1) is 49.6 Å². The van der Waals surface area contributed by atoms with Gasteiger partial charge in [-0.3, -0.25) is 19.0 Å². The molecule has 0 bridgehead atoms. The van der Waals surface area contributed by atoms with Crippen LogP contribution in [-0.4, -0.2) is 105 Å². The maximum Gasteiger partial charge on any atom is 0.498 e. The summed E-state index contributed by atoms with van der Waals surface area (Å²) >= 11 is 2.50. The number of methoxy groups -OCH3 is 2. The van der Waals surface area contributed by atoms with Gasteiger partial charge >= 0.3 is 43.7 Å². The molecular weight excluding hydrogens is 1100 g/mol. The van der Waals surface area contributed by atoms with E-state index in [-0.39, 0.29) is 10.1 Å². The quantitative estimate of drug-likeness (QED) is 0.108. The zero-order valence-electron chi connectivity index (χ0n) is 36.6. The molecule has 6 aromatic rings. The van der Waals surface area contributed by atoms with Crippen LogP contribution in [0.5, 0.6) is 11.8 Å². The Labute approximate surface area is 396 Å². The molecule has 1 aliphatic rings. The highest BCUT2D eigenvalue weighted by molar-refractivity contribution is 9.10. The van der Waals surface area contributed by atoms with Crippen molar-refractivity contribution < 1.29 is 97.8 Å². The van der Waals surface area contributed by atoms with E-state index in [1.807, 2.05) is 0 Å². The predicted octanol–water partition coefficient (Wildman–Crippen LogP) is 7.72. The molecule has 36 heteroatoms. The molecule has 7 rings (SSSR count). The standard InChI is InChI=1S/C15H8F9N5O2.C12H16BF5N2O2.C9H4BrF4N3O2/c1-31-10-7(16)4-29-11(30)8(9(14(19,20)21)26-12(29)27-10)6-2-25-28(3-6)5-13(17,18)15(22,23)24;1-9(2)10(3,4)22-13(21-9)8-5-19-20(6-8)7-11(14,15)12(16,17)18;1-19-6-3(11)2-17-7(18)4(10)5(9(12,13)14)15-8(17)16-6/h2-4H,5H2,1H3;5-6H,7H2,1-4H3;2H,1H3. The molecule has 394 valence electrons. The molecule has 0 aromatic carbocycles. The Morgan fingerprint density at radius 1 is 0.597 bits per heavy atom. The van der Waals surface area contributed by atoms with Crippen LogP contribution in [0.2, 0.25) is 0 Å². The van der Waals surface area contributed by atoms with Crippen LogP contribution >= 0.6 is 15.9 Å². The zero-order valence-corrected chi connectivity index (χ0v) is 38.1. The Kier molecular flexibility index (Phi) is 15.2. The number of hydrogen-bond acceptors (Lipinski definition) is 12. The number of alkyl halides is 16. The maximum absolute atomic E-state index is 13.9. The monoisotopic (exact) mass is 1130 g/mol. The lowest BCUT2D eigenvalue weighted by molar-refractivity contribution is -0.287. The molecule has 6 aromatic heterocycles. The third kappa shape index (κ3) is 11.7. The number of nitrogens with zero attached hydrogens (tertiary/aromatic N) is 10. The van der Waals surface area contributed by atoms with Gasteiger partial charge in [-0.2, -0.15) is 99.2 Å². The van der Waals surface area contributed by atoms with Gasteiger partial charge in [-0.25, -0.2) is 18.8 Å². The van der Waals surface area contributed by atoms with Gasteiger partial charge in [-0.15, -0.1) is 0 Å². The van der Waals surface area contributed by atoms with Crippen molar-refractivity contribution >= 4 is 40.1 Å². The topological polar surface area (TPSA) is 167 Å². The average molecular weight is 1130 g/mol. The second kappa shape index (κ2) is 19.3. The van der Waals surface area contributed by atoms with Crippen LogP contribution in [0, 0.1) is 11.6 Å². The van der Waals surface area contributed by atoms with Gasteiger partial charge in [-0.1, -0.05) is 0 Å². The second-order valence-corrected chi connectivity index (χ2v) is 16.4. The molecule has 16 nitrogen and oxygen atoms in total. The number of ether oxygens (including phenoxy) is 2. The van der Waals surface area contributed by atoms with Crippen LogP contribution in [0.4, 0.5) is 79.0 Å². The van der Waals surface area contributed by atoms with Crippen LogP contribution in [0.3, 0.4) is 0 Å². The molecule has 0 unspecified atom stereocenters. The molecule has 0 atom stereocenters. The maximum atomic E-state index is 13.9. The second-order valence-electron chi connectivity index (χ2n) is 15.6. The third-order valence-corrected chi connectivity index (χ3v) is 10.7. The van der Waals surface area contributed by atoms with E-state index in [2.05, 4.69) is 55.5 Å². The summed E-state index contributed by atoms with van der Waals surface area (Å²) in [7, 11) is 1.19. The van der Waals surface area contributed by atoms with E-state index in [4.69, 9.17) is 9.31 Å². The van der Waals surface area contributed by atoms with E-state index in [0.717, 1.165) is 26.6 Å². The van der Waals surface area contributed by atoms with E-state index < -0.39 is 141 Å². The van der Waals surface area contributed by atoms with E-state index in [0.29, 0.717) is 38.3 Å². The summed E-state index contributed by atoms with van der Waals surface area (Å²) < 4.78 is 253. The van der Waals surface area contributed by atoms with Crippen molar-refractivity contribution in [1.29, 1.82) is 0 Å². The molecule has 0 radical (unpaired) electrons. The van der Waals surface area contributed by atoms with Crippen molar-refractivity contribution in [3.8, 4) is 22.9 Å². The summed E-state index contributed by atoms with van der Waals surface area (Å²) in [5.41, 5.74) is -8.92. The van der Waals surface area contributed by atoms with Crippen molar-refractivity contribution in [2.45, 2.75) is 88.5 Å². The fourth-order valence-electron chi connectivity index (χ4n) is 5.71. The highest BCUT2D eigenvalue weighted by Gasteiger charge is 2.59. The van der Waals surface area contributed by atoms with Gasteiger partial charge < -0.3 is 18.8 Å². The first kappa shape index (κ1) is 56.7. The summed E-state index contributed by atoms with van der Waals surface area (Å²) in [5.74, 6) is -15.1. The average Bonchev–Trinajstić information content (AvgIpc) is 3.94. The van der Waals surface area contributed by atoms with Gasteiger partial charge in [0.25, 0.3) is 22.9 Å². The van der Waals surface area contributed by atoms with Crippen LogP contribution in [0.25, 0.3) is 22.7 Å². The Balaban J connectivity index is 0.000000208. The first-order valence-electron chi connectivity index (χ1n) is 19.1. The number of halogens is 19. The van der Waals surface area contributed by atoms with E-state index in [1.165, 1.54) is 0 Å². The molecule has 1 fully saturated rings. The van der Waals surface area contributed by atoms with Crippen molar-refractivity contribution in [2.75, 3.05) is 14.2 Å². The molecule has 0 aliphatic carbocycles. The first-order chi connectivity index (χ1) is 32.7. The normalized spacial score (nSPS) is 15.3. The smallest absolute Gasteiger partial charge is 0.479 e. The summed E-state index contributed by atoms with van der Waals surface area (Å²) in [6.45, 7) is 3.57. The highest BCUT2D eigenvalue weighted by atomic mass is 79.9. The molecule has 72 heavy (non-hydrogen) atoms. The van der Waals surface area contributed by atoms with Gasteiger partial charge in [0.2, 0.25) is 23.2 Å². The van der Waals surface area contributed by atoms with Crippen LogP contribution < -0.4 is 26.1 Å². The molecule has 0 saturated carbocycles. The van der Waals surface area contributed by atoms with E-state index >= 15 is 0 Å². The van der Waals surface area contributed by atoms with Crippen molar-refractivity contribution in [3.05, 3.63) is 85.4 Å². The minimum Gasteiger partial charge on any atom is -0.479 e. The Morgan fingerprint density at radius 2 is 1.00 bits per heavy atom. The van der Waals surface area contributed by atoms with Crippen molar-refractivity contribution in [3.63, 3.8) is 0 Å². The predicted molar refractivity (Wildman–Crippen MR) is 210 cm³/mol. The number of aromatic nitrogens is 10. The first-order valence-corrected chi connectivity index (χ1v) is 19.9. The summed E-state index contributed by atoms with van der Waals surface area (Å²) in [6, 6.07) is 0. The Hall–Kier alpha value is -6.20. The number of hydrogen-bond donors (Lipinski definition) is 0. The molecule has 1 aliphatic heterocycles. The van der Waals surface area contributed by atoms with Gasteiger partial charge in [0.1, 0.15) is 17.6 Å². The molecule has 0 spiro atoms. The Bertz CT molecular complexity index is 3080. The molecule has 0 amide bonds. The summed E-state index contributed by atoms with van der Waals surface area (Å²) in [5, 5.41) is 6.70. The lowest BCUT2D eigenvalue weighted by Crippen LogP contribution is -2.41. The molecule has 7 heterocycles. The van der Waals surface area contributed by atoms with Gasteiger partial charge in [-0.05, 0) is 43.6 Å². The Morgan fingerprint density at radius 3 is 1.42 bits per heavy atom. The van der Waals surface area contributed by atoms with Gasteiger partial charge in [0.15, 0.2) is 11.4 Å². The lowest BCUT2D eigenvalue weighted by atomic mass is 9.82. The fraction of sp³-hybridized carbons (Fsp3) is 0.444. The molecule has 1 saturated heterocycles. The number of fused-ring (bicyclic) bond motifs is 2. The van der Waals surface area contributed by atoms with Gasteiger partial charge in [0, 0.05) is 29.6 Å². The summed E-state index contributed by atoms with van der Waals surface area (Å²) in [4.78, 5) is 37.4. The third-order valence-electron chi connectivity index (χ3n) is 10.0. The highest BCUT2D eigenvalue weighted by Crippen LogP contribution is 2.40. The SMILES string of the molecule is CC1(C)OB(c2cnn(CC(F)(F)C(F)(F)F)c2)OC1(C)C.COc1nc2nc(C(F)(F)F)c(-c3cnn(CC(F)(F)C(F)(F)F)c3)c(=O)n2cc1F.COc1nc2nc(C(F)(F)F)c(Br)c(=O)n2cc1F. The van der Waals surface area contributed by atoms with Crippen LogP contribution in [0.15, 0.2) is 51.2 Å². The largest absolute Gasteiger partial charge is 0.498 e. The van der Waals surface area contributed by atoms with E-state index in [1.54, 1.807) is 27.7 Å². The fourth-order valence-corrected chi connectivity index (χ4v) is 6.22. The lowest BCUT2D eigenvalue weighted by Gasteiger charge is -2.32. The zero-order chi connectivity index (χ0) is 54.7. The summed E-state index contributed by atoms with van der Waals surface area (Å²) in [6.07, 6.45) is -17.5. The van der Waals surface area contributed by atoms with Crippen molar-refractivity contribution in [1.82, 2.24) is 48.3 Å². The van der Waals surface area contributed by atoms with Crippen LogP contribution in [0.1, 0.15) is 39.1 Å². The van der Waals surface area contributed by atoms with Crippen molar-refractivity contribution in [2.24, 2.45) is 0 Å². The number of rotatable bonds is 8. The minimum atomic E-state index is -5.94. The van der Waals surface area contributed by atoms with E-state index in [9.17, 15) is 88.6 Å². The van der Waals surface area contributed by atoms with Crippen LogP contribution in [-0.2, 0) is 34.8 Å². The molecular formula is C36H28BBrF18N10O6. The molecule has 0 N–H and O–H groups in total. The minimum absolute atomic E-state index is 0.0180.